The van der Waals surface area contributed by atoms with Crippen LogP contribution in [0.15, 0.2) is 24.3 Å². The molecule has 0 amide bonds. The maximum absolute atomic E-state index is 11.7. The first-order chi connectivity index (χ1) is 6.81. The first-order valence-corrected chi connectivity index (χ1v) is 6.12. The van der Waals surface area contributed by atoms with Crippen LogP contribution in [0.5, 0.6) is 0 Å². The molecule has 0 N–H and O–H groups in total. The molecule has 74 valence electrons. The lowest BCUT2D eigenvalue weighted by Crippen LogP contribution is -2.01. The van der Waals surface area contributed by atoms with Gasteiger partial charge in [0.25, 0.3) is 0 Å². The van der Waals surface area contributed by atoms with Gasteiger partial charge in [-0.3, -0.25) is 4.79 Å². The molecule has 0 aromatic heterocycles. The Balaban J connectivity index is 2.08. The lowest BCUT2D eigenvalue weighted by Gasteiger charge is -2.01. The third-order valence-electron chi connectivity index (χ3n) is 2.57. The minimum Gasteiger partial charge on any atom is -0.294 e. The number of hydrogen-bond donors (Lipinski definition) is 0. The number of carbonyl (C=O) groups is 1. The van der Waals surface area contributed by atoms with Crippen LogP contribution in [0.3, 0.4) is 0 Å². The van der Waals surface area contributed by atoms with E-state index in [1.807, 2.05) is 12.1 Å². The number of alkyl halides is 1. The third kappa shape index (κ3) is 2.24. The minimum absolute atomic E-state index is 0.329. The van der Waals surface area contributed by atoms with Gasteiger partial charge in [0, 0.05) is 16.8 Å². The molecule has 1 fully saturated rings. The van der Waals surface area contributed by atoms with Crippen LogP contribution in [0.25, 0.3) is 0 Å². The normalized spacial score (nSPS) is 15.5. The van der Waals surface area contributed by atoms with E-state index in [1.165, 1.54) is 5.56 Å². The average Bonchev–Trinajstić information content (AvgIpc) is 3.02. The molecular weight excluding hydrogens is 240 g/mol. The van der Waals surface area contributed by atoms with Gasteiger partial charge in [0.05, 0.1) is 0 Å². The Morgan fingerprint density at radius 2 is 1.93 bits per heavy atom. The highest BCUT2D eigenvalue weighted by atomic mass is 79.9. The van der Waals surface area contributed by atoms with E-state index in [1.54, 1.807) is 0 Å². The molecular formula is C12H13BrO. The zero-order valence-corrected chi connectivity index (χ0v) is 9.59. The van der Waals surface area contributed by atoms with Crippen LogP contribution in [-0.2, 0) is 6.42 Å². The molecule has 1 aliphatic rings. The van der Waals surface area contributed by atoms with Gasteiger partial charge >= 0.3 is 0 Å². The number of rotatable bonds is 4. The molecule has 0 saturated heterocycles. The smallest absolute Gasteiger partial charge is 0.165 e. The van der Waals surface area contributed by atoms with Gasteiger partial charge in [-0.05, 0) is 24.8 Å². The summed E-state index contributed by atoms with van der Waals surface area (Å²) in [6.45, 7) is 0. The van der Waals surface area contributed by atoms with Crippen molar-refractivity contribution >= 4 is 21.7 Å². The van der Waals surface area contributed by atoms with Gasteiger partial charge < -0.3 is 0 Å². The van der Waals surface area contributed by atoms with Crippen molar-refractivity contribution in [3.63, 3.8) is 0 Å². The highest BCUT2D eigenvalue weighted by molar-refractivity contribution is 9.09. The number of aryl methyl sites for hydroxylation is 1. The van der Waals surface area contributed by atoms with Crippen molar-refractivity contribution in [2.75, 3.05) is 5.33 Å². The second-order valence-corrected chi connectivity index (χ2v) is 4.57. The first-order valence-electron chi connectivity index (χ1n) is 5.00. The molecule has 1 aromatic carbocycles. The summed E-state index contributed by atoms with van der Waals surface area (Å²) in [6.07, 6.45) is 3.20. The Hall–Kier alpha value is -0.630. The van der Waals surface area contributed by atoms with Gasteiger partial charge in [-0.2, -0.15) is 0 Å². The second kappa shape index (κ2) is 4.26. The van der Waals surface area contributed by atoms with Crippen LogP contribution < -0.4 is 0 Å². The minimum atomic E-state index is 0.329. The lowest BCUT2D eigenvalue weighted by atomic mass is 10.0. The summed E-state index contributed by atoms with van der Waals surface area (Å²) in [6, 6.07) is 8.02. The fourth-order valence-corrected chi connectivity index (χ4v) is 1.98. The molecule has 1 aromatic rings. The SMILES string of the molecule is O=C(c1ccc(CCBr)cc1)C1CC1. The van der Waals surface area contributed by atoms with E-state index in [-0.39, 0.29) is 0 Å². The number of halogens is 1. The van der Waals surface area contributed by atoms with E-state index in [0.29, 0.717) is 11.7 Å². The van der Waals surface area contributed by atoms with Crippen molar-refractivity contribution in [2.24, 2.45) is 5.92 Å². The van der Waals surface area contributed by atoms with E-state index >= 15 is 0 Å². The van der Waals surface area contributed by atoms with E-state index in [0.717, 1.165) is 30.2 Å². The number of ketones is 1. The van der Waals surface area contributed by atoms with Crippen LogP contribution >= 0.6 is 15.9 Å². The van der Waals surface area contributed by atoms with Gasteiger partial charge in [0.1, 0.15) is 0 Å². The van der Waals surface area contributed by atoms with E-state index < -0.39 is 0 Å². The van der Waals surface area contributed by atoms with E-state index in [2.05, 4.69) is 28.1 Å². The first kappa shape index (κ1) is 9.91. The second-order valence-electron chi connectivity index (χ2n) is 3.77. The van der Waals surface area contributed by atoms with Gasteiger partial charge in [0.15, 0.2) is 5.78 Å². The Labute approximate surface area is 92.6 Å². The van der Waals surface area contributed by atoms with Crippen LogP contribution in [0.1, 0.15) is 28.8 Å². The summed E-state index contributed by atoms with van der Waals surface area (Å²) in [4.78, 5) is 11.7. The van der Waals surface area contributed by atoms with Gasteiger partial charge in [-0.25, -0.2) is 0 Å². The molecule has 2 heteroatoms. The molecule has 2 rings (SSSR count). The zero-order valence-electron chi connectivity index (χ0n) is 8.00. The van der Waals surface area contributed by atoms with Crippen molar-refractivity contribution in [2.45, 2.75) is 19.3 Å². The molecule has 0 unspecified atom stereocenters. The van der Waals surface area contributed by atoms with E-state index in [4.69, 9.17) is 0 Å². The topological polar surface area (TPSA) is 17.1 Å². The van der Waals surface area contributed by atoms with Crippen molar-refractivity contribution in [3.8, 4) is 0 Å². The third-order valence-corrected chi connectivity index (χ3v) is 2.97. The molecule has 0 aliphatic heterocycles. The van der Waals surface area contributed by atoms with Gasteiger partial charge in [-0.15, -0.1) is 0 Å². The van der Waals surface area contributed by atoms with Crippen LogP contribution in [0, 0.1) is 5.92 Å². The van der Waals surface area contributed by atoms with Gasteiger partial charge in [-0.1, -0.05) is 40.2 Å². The fraction of sp³-hybridized carbons (Fsp3) is 0.417. The molecule has 1 nitrogen and oxygen atoms in total. The molecule has 0 heterocycles. The highest BCUT2D eigenvalue weighted by Crippen LogP contribution is 2.32. The number of hydrogen-bond acceptors (Lipinski definition) is 1. The Morgan fingerprint density at radius 3 is 2.43 bits per heavy atom. The molecule has 1 saturated carbocycles. The van der Waals surface area contributed by atoms with Crippen LogP contribution in [-0.4, -0.2) is 11.1 Å². The molecule has 0 spiro atoms. The van der Waals surface area contributed by atoms with Crippen LogP contribution in [0.4, 0.5) is 0 Å². The van der Waals surface area contributed by atoms with Crippen LogP contribution in [0.2, 0.25) is 0 Å². The maximum atomic E-state index is 11.7. The Kier molecular flexibility index (Phi) is 3.02. The quantitative estimate of drug-likeness (QED) is 0.594. The van der Waals surface area contributed by atoms with Crippen molar-refractivity contribution in [1.82, 2.24) is 0 Å². The molecule has 0 radical (unpaired) electrons. The Bertz CT molecular complexity index is 325. The summed E-state index contributed by atoms with van der Waals surface area (Å²) in [7, 11) is 0. The molecule has 0 atom stereocenters. The lowest BCUT2D eigenvalue weighted by molar-refractivity contribution is 0.0967. The summed E-state index contributed by atoms with van der Waals surface area (Å²) in [5.74, 6) is 0.660. The van der Waals surface area contributed by atoms with Crippen molar-refractivity contribution in [1.29, 1.82) is 0 Å². The summed E-state index contributed by atoms with van der Waals surface area (Å²) >= 11 is 3.40. The summed E-state index contributed by atoms with van der Waals surface area (Å²) in [5.41, 5.74) is 2.17. The zero-order chi connectivity index (χ0) is 9.97. The van der Waals surface area contributed by atoms with E-state index in [9.17, 15) is 4.79 Å². The monoisotopic (exact) mass is 252 g/mol. The van der Waals surface area contributed by atoms with Crippen molar-refractivity contribution in [3.05, 3.63) is 35.4 Å². The maximum Gasteiger partial charge on any atom is 0.165 e. The van der Waals surface area contributed by atoms with Crippen molar-refractivity contribution < 1.29 is 4.79 Å². The standard InChI is InChI=1S/C12H13BrO/c13-8-7-9-1-3-10(4-2-9)12(14)11-5-6-11/h1-4,11H,5-8H2. The average molecular weight is 253 g/mol. The molecule has 0 bridgehead atoms. The number of Topliss-reactive ketones (excluding diaryl/α,β-unsaturated/α-hetero) is 1. The predicted octanol–water partition coefficient (Wildman–Crippen LogP) is 3.22. The fourth-order valence-electron chi connectivity index (χ4n) is 1.53. The predicted molar refractivity (Wildman–Crippen MR) is 61.0 cm³/mol. The summed E-state index contributed by atoms with van der Waals surface area (Å²) < 4.78 is 0. The van der Waals surface area contributed by atoms with Gasteiger partial charge in [0.2, 0.25) is 0 Å². The number of benzene rings is 1. The highest BCUT2D eigenvalue weighted by Gasteiger charge is 2.30. The molecule has 1 aliphatic carbocycles. The number of carbonyl (C=O) groups excluding carboxylic acids is 1. The largest absolute Gasteiger partial charge is 0.294 e. The Morgan fingerprint density at radius 1 is 1.29 bits per heavy atom. The summed E-state index contributed by atoms with van der Waals surface area (Å²) in [5, 5.41) is 0.975. The molecule has 14 heavy (non-hydrogen) atoms.